The van der Waals surface area contributed by atoms with Gasteiger partial charge in [-0.15, -0.1) is 0 Å². The van der Waals surface area contributed by atoms with E-state index in [9.17, 15) is 14.0 Å². The maximum absolute atomic E-state index is 13.1. The number of carbonyl (C=O) groups is 2. The fourth-order valence-electron chi connectivity index (χ4n) is 3.40. The van der Waals surface area contributed by atoms with E-state index in [4.69, 9.17) is 14.2 Å². The minimum atomic E-state index is -1.04. The van der Waals surface area contributed by atoms with Crippen LogP contribution in [0.5, 0.6) is 0 Å². The third-order valence-electron chi connectivity index (χ3n) is 4.86. The highest BCUT2D eigenvalue weighted by Crippen LogP contribution is 2.30. The predicted molar refractivity (Wildman–Crippen MR) is 99.8 cm³/mol. The van der Waals surface area contributed by atoms with Crippen molar-refractivity contribution in [3.63, 3.8) is 0 Å². The molecule has 2 amide bonds. The highest BCUT2D eigenvalue weighted by Gasteiger charge is 2.51. The van der Waals surface area contributed by atoms with E-state index in [0.29, 0.717) is 18.8 Å². The number of halogens is 1. The molecule has 2 aliphatic rings. The lowest BCUT2D eigenvalue weighted by atomic mass is 10.1. The molecule has 2 aliphatic heterocycles. The first-order valence-electron chi connectivity index (χ1n) is 9.36. The van der Waals surface area contributed by atoms with Gasteiger partial charge in [-0.25, -0.2) is 19.2 Å². The molecule has 0 atom stereocenters. The van der Waals surface area contributed by atoms with Crippen molar-refractivity contribution in [1.29, 1.82) is 0 Å². The molecule has 2 fully saturated rings. The van der Waals surface area contributed by atoms with Gasteiger partial charge in [0.2, 0.25) is 11.7 Å². The summed E-state index contributed by atoms with van der Waals surface area (Å²) in [7, 11) is 0. The maximum Gasteiger partial charge on any atom is 0.429 e. The van der Waals surface area contributed by atoms with Crippen LogP contribution in [0.15, 0.2) is 54.6 Å². The molecule has 7 nitrogen and oxygen atoms in total. The van der Waals surface area contributed by atoms with Gasteiger partial charge in [-0.1, -0.05) is 42.5 Å². The van der Waals surface area contributed by atoms with Gasteiger partial charge in [0.25, 0.3) is 0 Å². The average Bonchev–Trinajstić information content (AvgIpc) is 3.36. The second-order valence-electron chi connectivity index (χ2n) is 6.96. The third-order valence-corrected chi connectivity index (χ3v) is 4.86. The largest absolute Gasteiger partial charge is 0.443 e. The Balaban J connectivity index is 1.47. The van der Waals surface area contributed by atoms with Gasteiger partial charge in [0.1, 0.15) is 19.0 Å². The standard InChI is InChI=1S/C21H21FN2O5/c22-18-8-6-16(7-9-18)12-19(25)23-14-21(28-10-11-29-21)15-24(23)20(26)27-13-17-4-2-1-3-5-17/h1-9H,10-15H2. The zero-order valence-electron chi connectivity index (χ0n) is 15.8. The van der Waals surface area contributed by atoms with Crippen molar-refractivity contribution < 1.29 is 28.2 Å². The molecule has 0 unspecified atom stereocenters. The second-order valence-corrected chi connectivity index (χ2v) is 6.96. The Morgan fingerprint density at radius 1 is 0.931 bits per heavy atom. The summed E-state index contributed by atoms with van der Waals surface area (Å²) in [5.74, 6) is -1.74. The van der Waals surface area contributed by atoms with Crippen LogP contribution in [0.1, 0.15) is 11.1 Å². The molecule has 4 rings (SSSR count). The van der Waals surface area contributed by atoms with Crippen LogP contribution >= 0.6 is 0 Å². The molecule has 0 N–H and O–H groups in total. The third kappa shape index (κ3) is 4.38. The Hall–Kier alpha value is -2.97. The highest BCUT2D eigenvalue weighted by atomic mass is 19.1. The smallest absolute Gasteiger partial charge is 0.429 e. The van der Waals surface area contributed by atoms with E-state index in [1.807, 2.05) is 30.3 Å². The molecular weight excluding hydrogens is 379 g/mol. The first-order valence-corrected chi connectivity index (χ1v) is 9.36. The number of hydrazine groups is 1. The molecule has 2 aromatic rings. The van der Waals surface area contributed by atoms with Gasteiger partial charge >= 0.3 is 6.09 Å². The molecule has 1 spiro atoms. The van der Waals surface area contributed by atoms with E-state index in [1.165, 1.54) is 22.2 Å². The van der Waals surface area contributed by atoms with Gasteiger partial charge in [-0.05, 0) is 23.3 Å². The fraction of sp³-hybridized carbons (Fsp3) is 0.333. The number of amides is 2. The molecule has 2 saturated heterocycles. The molecule has 0 radical (unpaired) electrons. The van der Waals surface area contributed by atoms with Crippen LogP contribution < -0.4 is 0 Å². The van der Waals surface area contributed by atoms with Crippen molar-refractivity contribution in [1.82, 2.24) is 10.0 Å². The first kappa shape index (κ1) is 19.4. The Morgan fingerprint density at radius 3 is 2.28 bits per heavy atom. The van der Waals surface area contributed by atoms with E-state index >= 15 is 0 Å². The van der Waals surface area contributed by atoms with Crippen LogP contribution in [-0.2, 0) is 32.0 Å². The Bertz CT molecular complexity index is 868. The summed E-state index contributed by atoms with van der Waals surface area (Å²) in [5, 5.41) is 2.52. The summed E-state index contributed by atoms with van der Waals surface area (Å²) in [6.07, 6.45) is -0.643. The van der Waals surface area contributed by atoms with Gasteiger partial charge in [0, 0.05) is 0 Å². The normalized spacial score (nSPS) is 17.7. The van der Waals surface area contributed by atoms with Crippen molar-refractivity contribution in [3.05, 3.63) is 71.5 Å². The lowest BCUT2D eigenvalue weighted by Crippen LogP contribution is -2.45. The van der Waals surface area contributed by atoms with E-state index in [2.05, 4.69) is 0 Å². The van der Waals surface area contributed by atoms with E-state index in [1.54, 1.807) is 12.1 Å². The number of rotatable bonds is 4. The molecule has 152 valence electrons. The molecule has 0 aliphatic carbocycles. The molecule has 0 saturated carbocycles. The molecule has 29 heavy (non-hydrogen) atoms. The zero-order valence-corrected chi connectivity index (χ0v) is 15.8. The first-order chi connectivity index (χ1) is 14.0. The van der Waals surface area contributed by atoms with Crippen molar-refractivity contribution in [2.24, 2.45) is 0 Å². The molecule has 0 bridgehead atoms. The van der Waals surface area contributed by atoms with Crippen molar-refractivity contribution in [3.8, 4) is 0 Å². The quantitative estimate of drug-likeness (QED) is 0.789. The molecular formula is C21H21FN2O5. The molecule has 0 aromatic heterocycles. The lowest BCUT2D eigenvalue weighted by Gasteiger charge is -2.26. The minimum Gasteiger partial charge on any atom is -0.443 e. The predicted octanol–water partition coefficient (Wildman–Crippen LogP) is 2.51. The van der Waals surface area contributed by atoms with E-state index in [0.717, 1.165) is 5.56 Å². The second kappa shape index (κ2) is 8.18. The topological polar surface area (TPSA) is 68.3 Å². The van der Waals surface area contributed by atoms with Crippen molar-refractivity contribution in [2.75, 3.05) is 26.3 Å². The summed E-state index contributed by atoms with van der Waals surface area (Å²) in [6, 6.07) is 14.9. The number of carbonyl (C=O) groups excluding carboxylic acids is 2. The van der Waals surface area contributed by atoms with Gasteiger partial charge < -0.3 is 14.2 Å². The Labute approximate surface area is 167 Å². The van der Waals surface area contributed by atoms with Gasteiger partial charge in [-0.2, -0.15) is 0 Å². The van der Waals surface area contributed by atoms with Gasteiger partial charge in [0.15, 0.2) is 0 Å². The number of ether oxygens (including phenoxy) is 3. The summed E-state index contributed by atoms with van der Waals surface area (Å²) in [4.78, 5) is 25.6. The number of hydrogen-bond donors (Lipinski definition) is 0. The maximum atomic E-state index is 13.1. The number of nitrogens with zero attached hydrogens (tertiary/aromatic N) is 2. The number of benzene rings is 2. The summed E-state index contributed by atoms with van der Waals surface area (Å²) in [5.41, 5.74) is 1.48. The lowest BCUT2D eigenvalue weighted by molar-refractivity contribution is -0.148. The highest BCUT2D eigenvalue weighted by molar-refractivity contribution is 5.82. The van der Waals surface area contributed by atoms with Crippen molar-refractivity contribution >= 4 is 12.0 Å². The van der Waals surface area contributed by atoms with Gasteiger partial charge in [-0.3, -0.25) is 4.79 Å². The SMILES string of the molecule is O=C(Cc1ccc(F)cc1)N1CC2(CN1C(=O)OCc1ccccc1)OCCO2. The van der Waals surface area contributed by atoms with Crippen LogP contribution in [0, 0.1) is 5.82 Å². The Morgan fingerprint density at radius 2 is 1.59 bits per heavy atom. The number of hydrogen-bond acceptors (Lipinski definition) is 5. The van der Waals surface area contributed by atoms with Crippen LogP contribution in [0.2, 0.25) is 0 Å². The van der Waals surface area contributed by atoms with Crippen molar-refractivity contribution in [2.45, 2.75) is 18.8 Å². The summed E-state index contributed by atoms with van der Waals surface area (Å²) in [6.45, 7) is 1.04. The Kier molecular flexibility index (Phi) is 5.46. The minimum absolute atomic E-state index is 0.0127. The molecule has 2 aromatic carbocycles. The monoisotopic (exact) mass is 400 g/mol. The van der Waals surface area contributed by atoms with Crippen LogP contribution in [0.4, 0.5) is 9.18 Å². The van der Waals surface area contributed by atoms with E-state index < -0.39 is 11.9 Å². The zero-order chi connectivity index (χ0) is 20.3. The van der Waals surface area contributed by atoms with Gasteiger partial charge in [0.05, 0.1) is 26.2 Å². The van der Waals surface area contributed by atoms with Crippen LogP contribution in [-0.4, -0.2) is 54.1 Å². The molecule has 2 heterocycles. The summed E-state index contributed by atoms with van der Waals surface area (Å²) < 4.78 is 29.9. The van der Waals surface area contributed by atoms with Crippen LogP contribution in [0.3, 0.4) is 0 Å². The summed E-state index contributed by atoms with van der Waals surface area (Å²) >= 11 is 0. The molecule has 8 heteroatoms. The average molecular weight is 400 g/mol. The van der Waals surface area contributed by atoms with Crippen LogP contribution in [0.25, 0.3) is 0 Å². The van der Waals surface area contributed by atoms with E-state index in [-0.39, 0.29) is 37.8 Å². The fourth-order valence-corrected chi connectivity index (χ4v) is 3.40.